The number of unbranched alkanes of at least 4 members (excludes halogenated alkanes) is 19. The van der Waals surface area contributed by atoms with E-state index >= 15 is 0 Å². The van der Waals surface area contributed by atoms with Gasteiger partial charge in [0.05, 0.1) is 0 Å². The van der Waals surface area contributed by atoms with E-state index < -0.39 is 5.97 Å². The van der Waals surface area contributed by atoms with Crippen LogP contribution in [0.25, 0.3) is 0 Å². The Bertz CT molecular complexity index is 652. The van der Waals surface area contributed by atoms with E-state index in [1.807, 2.05) is 0 Å². The van der Waals surface area contributed by atoms with Gasteiger partial charge in [-0.15, -0.1) is 0 Å². The third-order valence-electron chi connectivity index (χ3n) is 7.41. The molecule has 0 unspecified atom stereocenters. The highest BCUT2D eigenvalue weighted by atomic mass is 16.4. The predicted octanol–water partition coefficient (Wildman–Crippen LogP) is 11.7. The average Bonchev–Trinajstić information content (AvgIpc) is 2.95. The maximum Gasteiger partial charge on any atom is 0.0414 e. The maximum absolute atomic E-state index is 10.4. The Morgan fingerprint density at radius 1 is 0.400 bits per heavy atom. The van der Waals surface area contributed by atoms with E-state index in [0.717, 1.165) is 44.9 Å². The van der Waals surface area contributed by atoms with Crippen LogP contribution in [0.15, 0.2) is 60.8 Å². The summed E-state index contributed by atoms with van der Waals surface area (Å²) in [5.74, 6) is -0.903. The quantitative estimate of drug-likeness (QED) is 0.0632. The van der Waals surface area contributed by atoms with Crippen LogP contribution in [0, 0.1) is 0 Å². The second-order valence-corrected chi connectivity index (χ2v) is 11.3. The van der Waals surface area contributed by atoms with Gasteiger partial charge in [0, 0.05) is 5.97 Å². The summed E-state index contributed by atoms with van der Waals surface area (Å²) in [5.41, 5.74) is 0. The van der Waals surface area contributed by atoms with Crippen LogP contribution in [-0.4, -0.2) is 5.97 Å². The first-order chi connectivity index (χ1) is 19.8. The minimum absolute atomic E-state index is 0.229. The van der Waals surface area contributed by atoms with Gasteiger partial charge >= 0.3 is 0 Å². The van der Waals surface area contributed by atoms with Gasteiger partial charge in [-0.05, 0) is 57.8 Å². The number of hydrogen-bond acceptors (Lipinski definition) is 2. The number of hydrogen-bond donors (Lipinski definition) is 0. The van der Waals surface area contributed by atoms with Gasteiger partial charge in [0.2, 0.25) is 0 Å². The van der Waals surface area contributed by atoms with E-state index in [2.05, 4.69) is 67.7 Å². The summed E-state index contributed by atoms with van der Waals surface area (Å²) < 4.78 is 0. The number of carboxylic acids is 1. The maximum atomic E-state index is 10.4. The molecule has 2 heteroatoms. The third kappa shape index (κ3) is 36.2. The fourth-order valence-corrected chi connectivity index (χ4v) is 4.91. The van der Waals surface area contributed by atoms with E-state index in [0.29, 0.717) is 0 Å². The van der Waals surface area contributed by atoms with Gasteiger partial charge < -0.3 is 9.90 Å². The summed E-state index contributed by atoms with van der Waals surface area (Å²) in [4.78, 5) is 10.4. The van der Waals surface area contributed by atoms with E-state index in [1.165, 1.54) is 116 Å². The van der Waals surface area contributed by atoms with E-state index in [1.54, 1.807) is 0 Å². The largest absolute Gasteiger partial charge is 0.550 e. The van der Waals surface area contributed by atoms with E-state index in [4.69, 9.17) is 0 Å². The minimum atomic E-state index is -0.903. The molecular weight excluding hydrogens is 488 g/mol. The lowest BCUT2D eigenvalue weighted by Gasteiger charge is -2.04. The molecule has 0 aliphatic carbocycles. The number of rotatable bonds is 31. The molecule has 0 aliphatic rings. The van der Waals surface area contributed by atoms with Crippen LogP contribution >= 0.6 is 0 Å². The summed E-state index contributed by atoms with van der Waals surface area (Å²) in [6, 6.07) is 0. The lowest BCUT2D eigenvalue weighted by Crippen LogP contribution is -2.21. The Morgan fingerprint density at radius 3 is 1.00 bits per heavy atom. The Kier molecular flexibility index (Phi) is 33.6. The molecule has 0 spiro atoms. The highest BCUT2D eigenvalue weighted by Crippen LogP contribution is 2.15. The molecule has 0 amide bonds. The van der Waals surface area contributed by atoms with Crippen molar-refractivity contribution >= 4 is 5.97 Å². The average molecular weight is 554 g/mol. The number of carbonyl (C=O) groups is 1. The molecule has 40 heavy (non-hydrogen) atoms. The fraction of sp³-hybridized carbons (Fsp3) is 0.711. The molecule has 2 nitrogen and oxygen atoms in total. The van der Waals surface area contributed by atoms with Crippen molar-refractivity contribution in [2.24, 2.45) is 0 Å². The molecule has 0 rings (SSSR count). The van der Waals surface area contributed by atoms with Gasteiger partial charge in [-0.25, -0.2) is 0 Å². The number of allylic oxidation sites excluding steroid dienone is 10. The third-order valence-corrected chi connectivity index (χ3v) is 7.41. The molecule has 0 fully saturated rings. The van der Waals surface area contributed by atoms with Crippen LogP contribution in [0.4, 0.5) is 0 Å². The summed E-state index contributed by atoms with van der Waals surface area (Å²) >= 11 is 0. The number of carboxylic acid groups (broad SMARTS) is 1. The molecule has 0 heterocycles. The molecule has 0 bridgehead atoms. The molecular formula is C38H65O2-. The zero-order valence-electron chi connectivity index (χ0n) is 26.5. The first-order valence-corrected chi connectivity index (χ1v) is 17.2. The molecule has 0 aliphatic heterocycles. The van der Waals surface area contributed by atoms with Gasteiger partial charge in [-0.3, -0.25) is 0 Å². The van der Waals surface area contributed by atoms with Crippen LogP contribution in [0.3, 0.4) is 0 Å². The normalized spacial score (nSPS) is 12.4. The molecule has 0 aromatic heterocycles. The summed E-state index contributed by atoms with van der Waals surface area (Å²) in [6.45, 7) is 2.17. The molecule has 230 valence electrons. The lowest BCUT2D eigenvalue weighted by molar-refractivity contribution is -0.305. The molecule has 0 N–H and O–H groups in total. The molecule has 0 atom stereocenters. The lowest BCUT2D eigenvalue weighted by atomic mass is 10.0. The van der Waals surface area contributed by atoms with Gasteiger partial charge in [0.15, 0.2) is 0 Å². The van der Waals surface area contributed by atoms with E-state index in [9.17, 15) is 9.90 Å². The number of carbonyl (C=O) groups excluding carboxylic acids is 1. The van der Waals surface area contributed by atoms with Crippen molar-refractivity contribution in [1.82, 2.24) is 0 Å². The summed E-state index contributed by atoms with van der Waals surface area (Å²) in [6.07, 6.45) is 54.7. The van der Waals surface area contributed by atoms with Crippen molar-refractivity contribution < 1.29 is 9.90 Å². The molecule has 0 aromatic carbocycles. The van der Waals surface area contributed by atoms with Gasteiger partial charge in [-0.1, -0.05) is 177 Å². The van der Waals surface area contributed by atoms with Crippen LogP contribution < -0.4 is 5.11 Å². The van der Waals surface area contributed by atoms with Crippen LogP contribution in [0.1, 0.15) is 174 Å². The van der Waals surface area contributed by atoms with Crippen molar-refractivity contribution in [3.8, 4) is 0 Å². The highest BCUT2D eigenvalue weighted by Gasteiger charge is 1.96. The topological polar surface area (TPSA) is 40.1 Å². The monoisotopic (exact) mass is 553 g/mol. The standard InChI is InChI=1S/C38H66O2/c1-2-3-4-5-6-7-8-9-10-11-12-13-14-15-16-17-18-19-20-21-22-23-24-25-26-27-28-29-30-31-32-33-34-35-36-37-38(39)40/h3-4,6-7,9-10,12-13,15-16H,2,5,8,11,14,17-37H2,1H3,(H,39,40)/p-1/b4-3-,7-6-,10-9-,13-12-,16-15-. The molecule has 0 saturated heterocycles. The smallest absolute Gasteiger partial charge is 0.0414 e. The fourth-order valence-electron chi connectivity index (χ4n) is 4.91. The Hall–Kier alpha value is -1.83. The van der Waals surface area contributed by atoms with Crippen molar-refractivity contribution in [3.05, 3.63) is 60.8 Å². The zero-order valence-corrected chi connectivity index (χ0v) is 26.5. The molecule has 0 saturated carbocycles. The summed E-state index contributed by atoms with van der Waals surface area (Å²) in [7, 11) is 0. The Labute approximate surface area is 250 Å². The first-order valence-electron chi connectivity index (χ1n) is 17.2. The van der Waals surface area contributed by atoms with Gasteiger partial charge in [-0.2, -0.15) is 0 Å². The van der Waals surface area contributed by atoms with Crippen molar-refractivity contribution in [2.75, 3.05) is 0 Å². The molecule has 0 aromatic rings. The van der Waals surface area contributed by atoms with E-state index in [-0.39, 0.29) is 6.42 Å². The predicted molar refractivity (Wildman–Crippen MR) is 176 cm³/mol. The van der Waals surface area contributed by atoms with Crippen molar-refractivity contribution in [1.29, 1.82) is 0 Å². The Balaban J connectivity index is 3.22. The second-order valence-electron chi connectivity index (χ2n) is 11.3. The second kappa shape index (κ2) is 35.2. The van der Waals surface area contributed by atoms with Crippen molar-refractivity contribution in [2.45, 2.75) is 174 Å². The van der Waals surface area contributed by atoms with Crippen molar-refractivity contribution in [3.63, 3.8) is 0 Å². The minimum Gasteiger partial charge on any atom is -0.550 e. The molecule has 0 radical (unpaired) electrons. The zero-order chi connectivity index (χ0) is 29.0. The Morgan fingerprint density at radius 2 is 0.675 bits per heavy atom. The number of aliphatic carboxylic acids is 1. The SMILES string of the molecule is CC/C=C\C/C=C\C/C=C\C/C=C\C/C=C\CCCCCCCCCCCCCCCCCCCCCC(=O)[O-]. The summed E-state index contributed by atoms with van der Waals surface area (Å²) in [5, 5.41) is 10.4. The van der Waals surface area contributed by atoms with Gasteiger partial charge in [0.1, 0.15) is 0 Å². The van der Waals surface area contributed by atoms with Crippen LogP contribution in [-0.2, 0) is 4.79 Å². The van der Waals surface area contributed by atoms with Crippen LogP contribution in [0.2, 0.25) is 0 Å². The van der Waals surface area contributed by atoms with Crippen LogP contribution in [0.5, 0.6) is 0 Å². The highest BCUT2D eigenvalue weighted by molar-refractivity contribution is 5.64. The first kappa shape index (κ1) is 38.2. The van der Waals surface area contributed by atoms with Gasteiger partial charge in [0.25, 0.3) is 0 Å².